The molecule has 526 valence electrons. The third-order valence-corrected chi connectivity index (χ3v) is 23.7. The fourth-order valence-electron chi connectivity index (χ4n) is 18.6. The average Bonchev–Trinajstić information content (AvgIpc) is 1.60. The quantitative estimate of drug-likeness (QED) is 0.135. The molecule has 0 amide bonds. The Morgan fingerprint density at radius 1 is 0.212 bits per heavy atom. The molecule has 113 heavy (non-hydrogen) atoms. The summed E-state index contributed by atoms with van der Waals surface area (Å²) in [6, 6.07) is 137. The van der Waals surface area contributed by atoms with E-state index >= 15 is 0 Å². The van der Waals surface area contributed by atoms with Gasteiger partial charge in [-0.15, -0.1) is 0 Å². The van der Waals surface area contributed by atoms with Crippen molar-refractivity contribution in [1.29, 1.82) is 0 Å². The number of ether oxygens (including phenoxy) is 2. The molecule has 0 bridgehead atoms. The molecule has 2 spiro atoms. The van der Waals surface area contributed by atoms with Crippen LogP contribution in [0.1, 0.15) is 44.5 Å². The summed E-state index contributed by atoms with van der Waals surface area (Å²) in [6.07, 6.45) is 1.83. The minimum atomic E-state index is -0.669. The van der Waals surface area contributed by atoms with Crippen LogP contribution in [0.5, 0.6) is 23.0 Å². The maximum absolute atomic E-state index is 6.96. The van der Waals surface area contributed by atoms with Gasteiger partial charge in [0.2, 0.25) is 0 Å². The molecule has 0 fully saturated rings. The van der Waals surface area contributed by atoms with Gasteiger partial charge in [0.15, 0.2) is 11.6 Å². The third kappa shape index (κ3) is 9.93. The number of fused-ring (bicyclic) bond motifs is 21. The molecule has 0 unspecified atom stereocenters. The van der Waals surface area contributed by atoms with Gasteiger partial charge in [-0.1, -0.05) is 267 Å². The normalized spacial score (nSPS) is 13.2. The molecule has 2 aliphatic heterocycles. The van der Waals surface area contributed by atoms with Crippen molar-refractivity contribution in [1.82, 2.24) is 29.5 Å². The first-order valence-corrected chi connectivity index (χ1v) is 38.4. The second-order valence-electron chi connectivity index (χ2n) is 29.7. The smallest absolute Gasteiger partial charge is 0.160 e. The number of rotatable bonds is 10. The minimum Gasteiger partial charge on any atom is -0.457 e. The van der Waals surface area contributed by atoms with E-state index in [-0.39, 0.29) is 0 Å². The molecular formula is C105H64N6O2. The second kappa shape index (κ2) is 25.3. The third-order valence-electron chi connectivity index (χ3n) is 23.7. The van der Waals surface area contributed by atoms with Crippen LogP contribution in [0, 0.1) is 0 Å². The zero-order chi connectivity index (χ0) is 74.3. The molecule has 15 aromatic carbocycles. The zero-order valence-corrected chi connectivity index (χ0v) is 61.0. The minimum absolute atomic E-state index is 0.591. The van der Waals surface area contributed by atoms with Crippen molar-refractivity contribution in [3.8, 4) is 152 Å². The standard InChI is InChI=1S/C105H64N6O2/c1-2-22-69(23-3-1)102-108-94(72-52-56-101-90(62-72)105(88-35-15-19-40-99(88)113-101)85-32-12-6-26-79(85)80-27-7-13-33-86(80)105)64-95(110-102)75-59-73(58-74(60-75)66-49-53-76(54-50-66)111-96-37-16-8-28-81(96)82-29-9-17-38-97(82)111)65-41-47-70(48-42-65)103-107-92(68-45-43-67(44-46-68)91-36-20-21-57-106-91)63-93(109-103)71-51-55-100-89(61-71)104(87-34-14-18-39-98(87)112-100)83-30-10-4-24-77(83)78-25-5-11-31-84(78)104/h1-64H. The van der Waals surface area contributed by atoms with E-state index in [9.17, 15) is 0 Å². The van der Waals surface area contributed by atoms with Crippen molar-refractivity contribution in [2.75, 3.05) is 0 Å². The number of nitrogens with zero attached hydrogens (tertiary/aromatic N) is 6. The van der Waals surface area contributed by atoms with E-state index in [1.807, 2.05) is 30.5 Å². The highest BCUT2D eigenvalue weighted by atomic mass is 16.5. The van der Waals surface area contributed by atoms with Crippen LogP contribution in [0.3, 0.4) is 0 Å². The lowest BCUT2D eigenvalue weighted by Gasteiger charge is -2.39. The lowest BCUT2D eigenvalue weighted by atomic mass is 9.66. The van der Waals surface area contributed by atoms with Gasteiger partial charge >= 0.3 is 0 Å². The highest BCUT2D eigenvalue weighted by Gasteiger charge is 2.53. The summed E-state index contributed by atoms with van der Waals surface area (Å²) in [6.45, 7) is 0. The van der Waals surface area contributed by atoms with Gasteiger partial charge in [0.25, 0.3) is 0 Å². The summed E-state index contributed by atoms with van der Waals surface area (Å²) in [5.41, 5.74) is 30.8. The zero-order valence-electron chi connectivity index (χ0n) is 61.0. The molecule has 0 atom stereocenters. The van der Waals surface area contributed by atoms with E-state index in [0.717, 1.165) is 152 Å². The molecule has 0 saturated carbocycles. The highest BCUT2D eigenvalue weighted by Crippen LogP contribution is 2.64. The molecule has 0 N–H and O–H groups in total. The summed E-state index contributed by atoms with van der Waals surface area (Å²) in [7, 11) is 0. The maximum atomic E-state index is 6.96. The van der Waals surface area contributed by atoms with Crippen molar-refractivity contribution >= 4 is 21.8 Å². The fourth-order valence-corrected chi connectivity index (χ4v) is 18.6. The molecule has 0 radical (unpaired) electrons. The van der Waals surface area contributed by atoms with Crippen molar-refractivity contribution < 1.29 is 9.47 Å². The SMILES string of the molecule is c1ccc(-c2nc(-c3cc(-c4ccc(-c5nc(-c6ccc(-c7ccccn7)cc6)cc(-c6ccc7c(c6)C6(c8ccccc8O7)c7ccccc7-c7ccccc76)n5)cc4)cc(-c4ccc(-n5c6ccccc6c6ccccc65)cc4)c3)cc(-c3ccc4c(c3)C3(c5ccccc5O4)c4ccccc4-c4ccccc43)n2)cc1. The predicted octanol–water partition coefficient (Wildman–Crippen LogP) is 25.7. The van der Waals surface area contributed by atoms with Crippen molar-refractivity contribution in [3.05, 3.63) is 433 Å². The van der Waals surface area contributed by atoms with Crippen LogP contribution in [0.2, 0.25) is 0 Å². The number of benzene rings is 15. The lowest BCUT2D eigenvalue weighted by Crippen LogP contribution is -2.32. The second-order valence-corrected chi connectivity index (χ2v) is 29.7. The van der Waals surface area contributed by atoms with Gasteiger partial charge in [0.05, 0.1) is 50.3 Å². The van der Waals surface area contributed by atoms with Gasteiger partial charge in [-0.05, 0) is 182 Å². The molecule has 6 heterocycles. The summed E-state index contributed by atoms with van der Waals surface area (Å²) >= 11 is 0. The van der Waals surface area contributed by atoms with Gasteiger partial charge in [0, 0.05) is 83.9 Å². The number of para-hydroxylation sites is 4. The van der Waals surface area contributed by atoms with Crippen LogP contribution in [0.25, 0.3) is 151 Å². The van der Waals surface area contributed by atoms with E-state index in [4.69, 9.17) is 29.4 Å². The molecule has 2 aliphatic carbocycles. The Bertz CT molecular complexity index is 6970. The summed E-state index contributed by atoms with van der Waals surface area (Å²) < 4.78 is 16.3. The maximum Gasteiger partial charge on any atom is 0.160 e. The molecular weight excluding hydrogens is 1380 g/mol. The number of aromatic nitrogens is 6. The van der Waals surface area contributed by atoms with Gasteiger partial charge in [-0.25, -0.2) is 19.9 Å². The monoisotopic (exact) mass is 1440 g/mol. The largest absolute Gasteiger partial charge is 0.457 e. The van der Waals surface area contributed by atoms with Crippen LogP contribution < -0.4 is 9.47 Å². The van der Waals surface area contributed by atoms with E-state index < -0.39 is 10.8 Å². The van der Waals surface area contributed by atoms with Gasteiger partial charge in [0.1, 0.15) is 23.0 Å². The average molecular weight is 1440 g/mol. The van der Waals surface area contributed by atoms with Crippen LogP contribution in [0.4, 0.5) is 0 Å². The van der Waals surface area contributed by atoms with Crippen LogP contribution in [-0.4, -0.2) is 29.5 Å². The Morgan fingerprint density at radius 2 is 0.558 bits per heavy atom. The van der Waals surface area contributed by atoms with Crippen molar-refractivity contribution in [2.24, 2.45) is 0 Å². The first-order valence-electron chi connectivity index (χ1n) is 38.4. The predicted molar refractivity (Wildman–Crippen MR) is 453 cm³/mol. The van der Waals surface area contributed by atoms with Gasteiger partial charge in [-0.2, -0.15) is 0 Å². The Morgan fingerprint density at radius 3 is 1.04 bits per heavy atom. The van der Waals surface area contributed by atoms with Crippen molar-refractivity contribution in [3.63, 3.8) is 0 Å². The van der Waals surface area contributed by atoms with Gasteiger partial charge < -0.3 is 14.0 Å². The number of hydrogen-bond donors (Lipinski definition) is 0. The summed E-state index contributed by atoms with van der Waals surface area (Å²) in [4.78, 5) is 26.9. The van der Waals surface area contributed by atoms with E-state index in [1.54, 1.807) is 0 Å². The number of hydrogen-bond acceptors (Lipinski definition) is 7. The van der Waals surface area contributed by atoms with E-state index in [1.165, 1.54) is 55.3 Å². The Balaban J connectivity index is 0.684. The van der Waals surface area contributed by atoms with Gasteiger partial charge in [-0.3, -0.25) is 4.98 Å². The highest BCUT2D eigenvalue weighted by molar-refractivity contribution is 6.09. The molecule has 8 heteroatoms. The van der Waals surface area contributed by atoms with E-state index in [0.29, 0.717) is 11.6 Å². The first kappa shape index (κ1) is 64.0. The Hall–Kier alpha value is -15.0. The molecule has 0 saturated heterocycles. The van der Waals surface area contributed by atoms with Crippen molar-refractivity contribution in [2.45, 2.75) is 10.8 Å². The Labute approximate surface area is 652 Å². The van der Waals surface area contributed by atoms with E-state index in [2.05, 4.69) is 367 Å². The summed E-state index contributed by atoms with van der Waals surface area (Å²) in [5.74, 6) is 4.51. The lowest BCUT2D eigenvalue weighted by molar-refractivity contribution is 0.436. The topological polar surface area (TPSA) is 87.8 Å². The van der Waals surface area contributed by atoms with Crippen LogP contribution >= 0.6 is 0 Å². The first-order chi connectivity index (χ1) is 56.0. The summed E-state index contributed by atoms with van der Waals surface area (Å²) in [5, 5.41) is 2.44. The Kier molecular flexibility index (Phi) is 14.3. The fraction of sp³-hybridized carbons (Fsp3) is 0.0190. The van der Waals surface area contributed by atoms with Crippen LogP contribution in [-0.2, 0) is 10.8 Å². The molecule has 23 rings (SSSR count). The molecule has 8 nitrogen and oxygen atoms in total. The molecule has 4 aromatic heterocycles. The molecule has 4 aliphatic rings. The molecule has 19 aromatic rings. The number of pyridine rings is 1. The van der Waals surface area contributed by atoms with Crippen LogP contribution in [0.15, 0.2) is 388 Å².